The molecule has 0 unspecified atom stereocenters. The summed E-state index contributed by atoms with van der Waals surface area (Å²) in [4.78, 5) is 29.1. The van der Waals surface area contributed by atoms with Crippen molar-refractivity contribution >= 4 is 17.5 Å². The van der Waals surface area contributed by atoms with Crippen molar-refractivity contribution in [2.24, 2.45) is 5.92 Å². The normalized spacial score (nSPS) is 20.9. The van der Waals surface area contributed by atoms with Crippen molar-refractivity contribution in [1.82, 2.24) is 4.90 Å². The maximum atomic E-state index is 12.8. The summed E-state index contributed by atoms with van der Waals surface area (Å²) in [7, 11) is 0. The fraction of sp³-hybridized carbons (Fsp3) is 0.556. The van der Waals surface area contributed by atoms with E-state index in [1.165, 1.54) is 6.42 Å². The van der Waals surface area contributed by atoms with Crippen LogP contribution < -0.4 is 4.90 Å². The zero-order chi connectivity index (χ0) is 15.1. The van der Waals surface area contributed by atoms with Gasteiger partial charge in [-0.2, -0.15) is 0 Å². The summed E-state index contributed by atoms with van der Waals surface area (Å²) in [5.74, 6) is 0.631. The average Bonchev–Trinajstić information content (AvgIpc) is 3.33. The molecule has 2 fully saturated rings. The molecule has 1 aromatic carbocycles. The largest absolute Gasteiger partial charge is 0.339 e. The zero-order valence-electron chi connectivity index (χ0n) is 12.9. The molecule has 0 spiro atoms. The van der Waals surface area contributed by atoms with Gasteiger partial charge in [0, 0.05) is 36.8 Å². The van der Waals surface area contributed by atoms with Crippen LogP contribution in [0.15, 0.2) is 18.2 Å². The van der Waals surface area contributed by atoms with E-state index in [0.717, 1.165) is 68.6 Å². The second kappa shape index (κ2) is 5.41. The number of hydrogen-bond acceptors (Lipinski definition) is 2. The van der Waals surface area contributed by atoms with Crippen molar-refractivity contribution in [2.75, 3.05) is 24.5 Å². The third kappa shape index (κ3) is 2.31. The highest BCUT2D eigenvalue weighted by molar-refractivity contribution is 6.02. The second-order valence-corrected chi connectivity index (χ2v) is 6.67. The number of carbonyl (C=O) groups is 2. The molecule has 116 valence electrons. The Balaban J connectivity index is 1.62. The Morgan fingerprint density at radius 3 is 2.50 bits per heavy atom. The lowest BCUT2D eigenvalue weighted by atomic mass is 10.0. The Morgan fingerprint density at radius 1 is 1.00 bits per heavy atom. The van der Waals surface area contributed by atoms with E-state index in [2.05, 4.69) is 0 Å². The molecular weight excluding hydrogens is 276 g/mol. The number of nitrogens with zero attached hydrogens (tertiary/aromatic N) is 2. The van der Waals surface area contributed by atoms with E-state index < -0.39 is 0 Å². The highest BCUT2D eigenvalue weighted by atomic mass is 16.2. The maximum Gasteiger partial charge on any atom is 0.254 e. The van der Waals surface area contributed by atoms with Crippen molar-refractivity contribution < 1.29 is 9.59 Å². The van der Waals surface area contributed by atoms with Gasteiger partial charge in [0.25, 0.3) is 5.91 Å². The van der Waals surface area contributed by atoms with E-state index >= 15 is 0 Å². The predicted molar refractivity (Wildman–Crippen MR) is 85.0 cm³/mol. The van der Waals surface area contributed by atoms with Crippen LogP contribution in [0.5, 0.6) is 0 Å². The Bertz CT molecular complexity index is 616. The van der Waals surface area contributed by atoms with Crippen molar-refractivity contribution in [3.8, 4) is 0 Å². The van der Waals surface area contributed by atoms with E-state index in [9.17, 15) is 9.59 Å². The molecule has 0 bridgehead atoms. The number of fused-ring (bicyclic) bond motifs is 1. The number of carbonyl (C=O) groups excluding carboxylic acids is 2. The first-order valence-corrected chi connectivity index (χ1v) is 8.48. The summed E-state index contributed by atoms with van der Waals surface area (Å²) >= 11 is 0. The van der Waals surface area contributed by atoms with Gasteiger partial charge in [-0.1, -0.05) is 6.07 Å². The van der Waals surface area contributed by atoms with Crippen LogP contribution in [0.25, 0.3) is 0 Å². The third-order valence-corrected chi connectivity index (χ3v) is 5.09. The van der Waals surface area contributed by atoms with E-state index in [-0.39, 0.29) is 17.7 Å². The first kappa shape index (κ1) is 13.8. The molecule has 22 heavy (non-hydrogen) atoms. The highest BCUT2D eigenvalue weighted by Gasteiger charge is 2.37. The van der Waals surface area contributed by atoms with Crippen LogP contribution in [-0.4, -0.2) is 36.3 Å². The molecule has 4 nitrogen and oxygen atoms in total. The summed E-state index contributed by atoms with van der Waals surface area (Å²) in [6.07, 6.45) is 6.29. The fourth-order valence-corrected chi connectivity index (χ4v) is 3.68. The minimum Gasteiger partial charge on any atom is -0.339 e. The van der Waals surface area contributed by atoms with Gasteiger partial charge in [0.2, 0.25) is 5.91 Å². The van der Waals surface area contributed by atoms with Crippen molar-refractivity contribution in [2.45, 2.75) is 38.5 Å². The van der Waals surface area contributed by atoms with Crippen molar-refractivity contribution in [3.63, 3.8) is 0 Å². The Morgan fingerprint density at radius 2 is 1.77 bits per heavy atom. The van der Waals surface area contributed by atoms with Gasteiger partial charge in [-0.05, 0) is 56.2 Å². The maximum absolute atomic E-state index is 12.8. The van der Waals surface area contributed by atoms with Gasteiger partial charge < -0.3 is 9.80 Å². The lowest BCUT2D eigenvalue weighted by Gasteiger charge is -2.27. The first-order valence-electron chi connectivity index (χ1n) is 8.48. The smallest absolute Gasteiger partial charge is 0.254 e. The topological polar surface area (TPSA) is 40.6 Å². The molecule has 4 rings (SSSR count). The van der Waals surface area contributed by atoms with Gasteiger partial charge in [-0.15, -0.1) is 0 Å². The molecular formula is C18H22N2O2. The molecule has 4 heteroatoms. The van der Waals surface area contributed by atoms with Gasteiger partial charge in [0.05, 0.1) is 0 Å². The third-order valence-electron chi connectivity index (χ3n) is 5.09. The molecule has 2 heterocycles. The zero-order valence-corrected chi connectivity index (χ0v) is 12.9. The molecule has 3 aliphatic rings. The summed E-state index contributed by atoms with van der Waals surface area (Å²) < 4.78 is 0. The summed E-state index contributed by atoms with van der Waals surface area (Å²) in [5.41, 5.74) is 2.86. The molecule has 0 aromatic heterocycles. The monoisotopic (exact) mass is 298 g/mol. The summed E-state index contributed by atoms with van der Waals surface area (Å²) in [6.45, 7) is 2.47. The molecule has 1 aromatic rings. The van der Waals surface area contributed by atoms with Crippen molar-refractivity contribution in [3.05, 3.63) is 29.3 Å². The number of anilines is 1. The van der Waals surface area contributed by atoms with Gasteiger partial charge in [0.15, 0.2) is 0 Å². The molecule has 2 amide bonds. The lowest BCUT2D eigenvalue weighted by molar-refractivity contribution is -0.119. The molecule has 0 radical (unpaired) electrons. The fourth-order valence-electron chi connectivity index (χ4n) is 3.68. The predicted octanol–water partition coefficient (Wildman–Crippen LogP) is 2.61. The SMILES string of the molecule is O=C(c1cccc2c1CCN2C(=O)C1CC1)N1CCCCC1. The van der Waals surface area contributed by atoms with E-state index in [0.29, 0.717) is 0 Å². The lowest BCUT2D eigenvalue weighted by Crippen LogP contribution is -2.36. The standard InChI is InChI=1S/C18H22N2O2/c21-17(13-7-8-13)20-12-9-14-15(5-4-6-16(14)20)18(22)19-10-2-1-3-11-19/h4-6,13H,1-3,7-12H2. The van der Waals surface area contributed by atoms with Crippen molar-refractivity contribution in [1.29, 1.82) is 0 Å². The summed E-state index contributed by atoms with van der Waals surface area (Å²) in [5, 5.41) is 0. The quantitative estimate of drug-likeness (QED) is 0.842. The number of piperidine rings is 1. The first-order chi connectivity index (χ1) is 10.8. The summed E-state index contributed by atoms with van der Waals surface area (Å²) in [6, 6.07) is 5.85. The van der Waals surface area contributed by atoms with E-state index in [4.69, 9.17) is 0 Å². The van der Waals surface area contributed by atoms with E-state index in [1.54, 1.807) is 0 Å². The second-order valence-electron chi connectivity index (χ2n) is 6.67. The van der Waals surface area contributed by atoms with Crippen LogP contribution in [-0.2, 0) is 11.2 Å². The number of likely N-dealkylation sites (tertiary alicyclic amines) is 1. The molecule has 1 saturated heterocycles. The van der Waals surface area contributed by atoms with Crippen LogP contribution >= 0.6 is 0 Å². The van der Waals surface area contributed by atoms with Crippen LogP contribution in [0.4, 0.5) is 5.69 Å². The molecule has 2 aliphatic heterocycles. The number of rotatable bonds is 2. The number of amides is 2. The van der Waals surface area contributed by atoms with Gasteiger partial charge in [-0.3, -0.25) is 9.59 Å². The molecule has 0 atom stereocenters. The van der Waals surface area contributed by atoms with Gasteiger partial charge in [-0.25, -0.2) is 0 Å². The Kier molecular flexibility index (Phi) is 3.40. The molecule has 0 N–H and O–H groups in total. The molecule has 1 saturated carbocycles. The highest BCUT2D eigenvalue weighted by Crippen LogP contribution is 2.37. The minimum absolute atomic E-state index is 0.150. The Labute approximate surface area is 131 Å². The van der Waals surface area contributed by atoms with Crippen LogP contribution in [0, 0.1) is 5.92 Å². The van der Waals surface area contributed by atoms with Crippen LogP contribution in [0.3, 0.4) is 0 Å². The number of benzene rings is 1. The molecule has 1 aliphatic carbocycles. The average molecular weight is 298 g/mol. The Hall–Kier alpha value is -1.84. The minimum atomic E-state index is 0.150. The van der Waals surface area contributed by atoms with E-state index in [1.807, 2.05) is 28.0 Å². The van der Waals surface area contributed by atoms with Gasteiger partial charge in [0.1, 0.15) is 0 Å². The number of hydrogen-bond donors (Lipinski definition) is 0. The van der Waals surface area contributed by atoms with Crippen LogP contribution in [0.2, 0.25) is 0 Å². The van der Waals surface area contributed by atoms with Gasteiger partial charge >= 0.3 is 0 Å². The van der Waals surface area contributed by atoms with Crippen LogP contribution in [0.1, 0.15) is 48.0 Å².